The van der Waals surface area contributed by atoms with Crippen LogP contribution in [0.5, 0.6) is 0 Å². The predicted octanol–water partition coefficient (Wildman–Crippen LogP) is 4.00. The minimum atomic E-state index is 0.00344. The summed E-state index contributed by atoms with van der Waals surface area (Å²) in [6.07, 6.45) is 0.00344. The van der Waals surface area contributed by atoms with E-state index in [9.17, 15) is 0 Å². The van der Waals surface area contributed by atoms with Crippen molar-refractivity contribution in [1.29, 1.82) is 0 Å². The van der Waals surface area contributed by atoms with Crippen molar-refractivity contribution >= 4 is 28.5 Å². The van der Waals surface area contributed by atoms with Gasteiger partial charge < -0.3 is 14.5 Å². The van der Waals surface area contributed by atoms with Gasteiger partial charge in [-0.25, -0.2) is 0 Å². The zero-order valence-corrected chi connectivity index (χ0v) is 12.2. The van der Waals surface area contributed by atoms with Gasteiger partial charge in [-0.05, 0) is 31.2 Å². The Morgan fingerprint density at radius 1 is 1.30 bits per heavy atom. The second kappa shape index (κ2) is 5.64. The van der Waals surface area contributed by atoms with Gasteiger partial charge in [-0.15, -0.1) is 11.3 Å². The number of nitrogens with one attached hydrogen (secondary N) is 1. The molecule has 1 unspecified atom stereocenters. The number of aromatic nitrogens is 1. The number of hydrogen-bond acceptors (Lipinski definition) is 5. The molecule has 1 aromatic carbocycles. The molecule has 4 nitrogen and oxygen atoms in total. The van der Waals surface area contributed by atoms with Gasteiger partial charge in [-0.2, -0.15) is 4.98 Å². The van der Waals surface area contributed by atoms with E-state index in [1.165, 1.54) is 9.75 Å². The lowest BCUT2D eigenvalue weighted by atomic mass is 10.3. The third-order valence-corrected chi connectivity index (χ3v) is 4.19. The number of benzene rings is 1. The number of nitrogens with zero attached hydrogens (tertiary/aromatic N) is 1. The van der Waals surface area contributed by atoms with E-state index < -0.39 is 0 Å². The number of para-hydroxylation sites is 2. The summed E-state index contributed by atoms with van der Waals surface area (Å²) >= 11 is 1.74. The van der Waals surface area contributed by atoms with Crippen LogP contribution in [0.15, 0.2) is 40.8 Å². The molecule has 2 aromatic heterocycles. The molecule has 0 saturated carbocycles. The number of rotatable bonds is 5. The van der Waals surface area contributed by atoms with Gasteiger partial charge in [0.05, 0.1) is 6.54 Å². The van der Waals surface area contributed by atoms with Gasteiger partial charge in [0.2, 0.25) is 0 Å². The maximum Gasteiger partial charge on any atom is 0.295 e. The third-order valence-electron chi connectivity index (χ3n) is 3.10. The minimum absolute atomic E-state index is 0.00344. The van der Waals surface area contributed by atoms with E-state index in [2.05, 4.69) is 29.4 Å². The summed E-state index contributed by atoms with van der Waals surface area (Å²) in [4.78, 5) is 6.87. The van der Waals surface area contributed by atoms with E-state index in [0.717, 1.165) is 11.1 Å². The normalized spacial score (nSPS) is 12.7. The minimum Gasteiger partial charge on any atom is -0.424 e. The van der Waals surface area contributed by atoms with Crippen LogP contribution in [0.4, 0.5) is 6.01 Å². The van der Waals surface area contributed by atoms with Crippen LogP contribution < -0.4 is 5.32 Å². The molecule has 0 aliphatic heterocycles. The van der Waals surface area contributed by atoms with Crippen molar-refractivity contribution in [3.8, 4) is 0 Å². The highest BCUT2D eigenvalue weighted by atomic mass is 32.1. The number of ether oxygens (including phenoxy) is 1. The number of anilines is 1. The summed E-state index contributed by atoms with van der Waals surface area (Å²) in [5, 5.41) is 3.20. The fourth-order valence-electron chi connectivity index (χ4n) is 2.05. The first-order chi connectivity index (χ1) is 9.76. The van der Waals surface area contributed by atoms with Gasteiger partial charge in [0.15, 0.2) is 5.58 Å². The Kier molecular flexibility index (Phi) is 3.71. The number of fused-ring (bicyclic) bond motifs is 1. The standard InChI is InChI=1S/C15H16N2O2S/c1-10-7-8-14(20-10)13(18-2)9-16-15-17-11-5-3-4-6-12(11)19-15/h3-8,13H,9H2,1-2H3,(H,16,17). The number of thiophene rings is 1. The highest BCUT2D eigenvalue weighted by Crippen LogP contribution is 2.26. The fourth-order valence-corrected chi connectivity index (χ4v) is 3.01. The molecular weight excluding hydrogens is 272 g/mol. The molecule has 0 fully saturated rings. The maximum atomic E-state index is 5.63. The summed E-state index contributed by atoms with van der Waals surface area (Å²) < 4.78 is 11.2. The second-order valence-electron chi connectivity index (χ2n) is 4.54. The van der Waals surface area contributed by atoms with Crippen LogP contribution in [0.2, 0.25) is 0 Å². The van der Waals surface area contributed by atoms with Crippen LogP contribution >= 0.6 is 11.3 Å². The third kappa shape index (κ3) is 2.69. The van der Waals surface area contributed by atoms with Crippen molar-refractivity contribution in [2.75, 3.05) is 19.0 Å². The molecule has 0 saturated heterocycles. The van der Waals surface area contributed by atoms with Crippen LogP contribution in [0.3, 0.4) is 0 Å². The first-order valence-electron chi connectivity index (χ1n) is 6.45. The Labute approximate surface area is 121 Å². The van der Waals surface area contributed by atoms with Crippen LogP contribution in [-0.2, 0) is 4.74 Å². The monoisotopic (exact) mass is 288 g/mol. The molecule has 0 aliphatic rings. The first-order valence-corrected chi connectivity index (χ1v) is 7.26. The Hall–Kier alpha value is -1.85. The fraction of sp³-hybridized carbons (Fsp3) is 0.267. The molecule has 0 aliphatic carbocycles. The van der Waals surface area contributed by atoms with Gasteiger partial charge in [0.25, 0.3) is 6.01 Å². The van der Waals surface area contributed by atoms with Gasteiger partial charge >= 0.3 is 0 Å². The zero-order valence-electron chi connectivity index (χ0n) is 11.4. The van der Waals surface area contributed by atoms with Crippen molar-refractivity contribution in [3.63, 3.8) is 0 Å². The molecule has 0 radical (unpaired) electrons. The molecule has 0 spiro atoms. The van der Waals surface area contributed by atoms with Gasteiger partial charge in [0.1, 0.15) is 11.6 Å². The zero-order chi connectivity index (χ0) is 13.9. The second-order valence-corrected chi connectivity index (χ2v) is 5.86. The molecule has 1 N–H and O–H groups in total. The van der Waals surface area contributed by atoms with Crippen LogP contribution in [-0.4, -0.2) is 18.6 Å². The van der Waals surface area contributed by atoms with E-state index in [1.54, 1.807) is 18.4 Å². The van der Waals surface area contributed by atoms with Gasteiger partial charge in [-0.1, -0.05) is 12.1 Å². The molecule has 3 aromatic rings. The molecule has 5 heteroatoms. The summed E-state index contributed by atoms with van der Waals surface area (Å²) in [5.74, 6) is 0. The molecule has 104 valence electrons. The summed E-state index contributed by atoms with van der Waals surface area (Å²) in [6.45, 7) is 2.72. The van der Waals surface area contributed by atoms with Crippen molar-refractivity contribution < 1.29 is 9.15 Å². The lowest BCUT2D eigenvalue weighted by molar-refractivity contribution is 0.116. The molecule has 3 rings (SSSR count). The van der Waals surface area contributed by atoms with Crippen LogP contribution in [0.1, 0.15) is 15.9 Å². The van der Waals surface area contributed by atoms with E-state index in [4.69, 9.17) is 9.15 Å². The molecular formula is C15H16N2O2S. The number of aryl methyl sites for hydroxylation is 1. The SMILES string of the molecule is COC(CNc1nc2ccccc2o1)c1ccc(C)s1. The quantitative estimate of drug-likeness (QED) is 0.771. The number of hydrogen-bond donors (Lipinski definition) is 1. The predicted molar refractivity (Wildman–Crippen MR) is 81.3 cm³/mol. The molecule has 2 heterocycles. The Morgan fingerprint density at radius 3 is 2.85 bits per heavy atom. The van der Waals surface area contributed by atoms with Crippen LogP contribution in [0.25, 0.3) is 11.1 Å². The Balaban J connectivity index is 1.71. The lowest BCUT2D eigenvalue weighted by Crippen LogP contribution is -2.13. The molecule has 20 heavy (non-hydrogen) atoms. The van der Waals surface area contributed by atoms with E-state index in [0.29, 0.717) is 12.6 Å². The van der Waals surface area contributed by atoms with E-state index in [1.807, 2.05) is 24.3 Å². The number of methoxy groups -OCH3 is 1. The molecule has 0 amide bonds. The Bertz CT molecular complexity index is 672. The lowest BCUT2D eigenvalue weighted by Gasteiger charge is -2.13. The average Bonchev–Trinajstić information content (AvgIpc) is 3.05. The average molecular weight is 288 g/mol. The summed E-state index contributed by atoms with van der Waals surface area (Å²) in [6, 6.07) is 12.4. The largest absolute Gasteiger partial charge is 0.424 e. The smallest absolute Gasteiger partial charge is 0.295 e. The summed E-state index contributed by atoms with van der Waals surface area (Å²) in [5.41, 5.74) is 1.65. The van der Waals surface area contributed by atoms with E-state index in [-0.39, 0.29) is 6.10 Å². The maximum absolute atomic E-state index is 5.63. The molecule has 0 bridgehead atoms. The van der Waals surface area contributed by atoms with Crippen LogP contribution in [0, 0.1) is 6.92 Å². The Morgan fingerprint density at radius 2 is 2.15 bits per heavy atom. The van der Waals surface area contributed by atoms with Crippen molar-refractivity contribution in [2.45, 2.75) is 13.0 Å². The topological polar surface area (TPSA) is 47.3 Å². The number of oxazole rings is 1. The first kappa shape index (κ1) is 13.1. The van der Waals surface area contributed by atoms with Crippen molar-refractivity contribution in [1.82, 2.24) is 4.98 Å². The van der Waals surface area contributed by atoms with E-state index >= 15 is 0 Å². The summed E-state index contributed by atoms with van der Waals surface area (Å²) in [7, 11) is 1.72. The highest BCUT2D eigenvalue weighted by molar-refractivity contribution is 7.12. The van der Waals surface area contributed by atoms with Gasteiger partial charge in [0, 0.05) is 16.9 Å². The highest BCUT2D eigenvalue weighted by Gasteiger charge is 2.14. The van der Waals surface area contributed by atoms with Crippen molar-refractivity contribution in [3.05, 3.63) is 46.2 Å². The van der Waals surface area contributed by atoms with Crippen molar-refractivity contribution in [2.24, 2.45) is 0 Å². The van der Waals surface area contributed by atoms with Gasteiger partial charge in [-0.3, -0.25) is 0 Å². The molecule has 1 atom stereocenters.